The van der Waals surface area contributed by atoms with Crippen LogP contribution in [0.1, 0.15) is 48.9 Å². The number of ether oxygens (including phenoxy) is 1. The number of likely N-dealkylation sites (tertiary alicyclic amines) is 2. The maximum atomic E-state index is 14.3. The number of hydrogen-bond acceptors (Lipinski definition) is 3. The molecule has 1 atom stereocenters. The first-order valence-electron chi connectivity index (χ1n) is 11.8. The molecule has 2 aromatic carbocycles. The van der Waals surface area contributed by atoms with Crippen molar-refractivity contribution in [2.45, 2.75) is 38.5 Å². The van der Waals surface area contributed by atoms with Crippen LogP contribution in [-0.4, -0.2) is 54.4 Å². The van der Waals surface area contributed by atoms with Gasteiger partial charge in [-0.25, -0.2) is 13.2 Å². The van der Waals surface area contributed by atoms with Crippen LogP contribution in [0.5, 0.6) is 5.75 Å². The number of nitrogens with zero attached hydrogens (tertiary/aromatic N) is 2. The van der Waals surface area contributed by atoms with Crippen LogP contribution < -0.4 is 4.74 Å². The van der Waals surface area contributed by atoms with Crippen LogP contribution in [0.3, 0.4) is 0 Å². The van der Waals surface area contributed by atoms with Gasteiger partial charge in [0.05, 0.1) is 12.2 Å². The van der Waals surface area contributed by atoms with Gasteiger partial charge in [0.15, 0.2) is 0 Å². The topological polar surface area (TPSA) is 49.9 Å². The molecule has 2 aliphatic rings. The number of piperidine rings is 2. The highest BCUT2D eigenvalue weighted by atomic mass is 19.1. The molecule has 4 rings (SSSR count). The predicted octanol–water partition coefficient (Wildman–Crippen LogP) is 4.81. The number of benzene rings is 2. The summed E-state index contributed by atoms with van der Waals surface area (Å²) < 4.78 is 46.9. The van der Waals surface area contributed by atoms with E-state index in [1.807, 2.05) is 4.90 Å². The Hall–Kier alpha value is -3.03. The Morgan fingerprint density at radius 2 is 1.53 bits per heavy atom. The van der Waals surface area contributed by atoms with Gasteiger partial charge in [0, 0.05) is 44.1 Å². The van der Waals surface area contributed by atoms with E-state index < -0.39 is 23.0 Å². The van der Waals surface area contributed by atoms with Gasteiger partial charge in [0.1, 0.15) is 23.2 Å². The molecule has 2 amide bonds. The molecule has 0 aliphatic carbocycles. The summed E-state index contributed by atoms with van der Waals surface area (Å²) in [6, 6.07) is 8.55. The van der Waals surface area contributed by atoms with Gasteiger partial charge in [-0.15, -0.1) is 0 Å². The molecule has 0 unspecified atom stereocenters. The Morgan fingerprint density at radius 1 is 0.853 bits per heavy atom. The Morgan fingerprint density at radius 3 is 2.24 bits per heavy atom. The molecule has 2 aromatic rings. The first-order valence-corrected chi connectivity index (χ1v) is 11.8. The van der Waals surface area contributed by atoms with Crippen molar-refractivity contribution in [2.24, 2.45) is 5.41 Å². The van der Waals surface area contributed by atoms with Gasteiger partial charge >= 0.3 is 0 Å². The lowest BCUT2D eigenvalue weighted by molar-refractivity contribution is -0.136. The standard InChI is InChI=1S/C26H29F3N2O3/c27-19-5-8-21(9-6-19)34-18-26(16-24(32)30-12-2-1-3-13-30)11-4-14-31(17-26)25(33)22-10-7-20(28)15-23(22)29/h5-10,15H,1-4,11-14,16-18H2/t26-/m1/s1. The molecule has 0 radical (unpaired) electrons. The lowest BCUT2D eigenvalue weighted by Crippen LogP contribution is -2.51. The van der Waals surface area contributed by atoms with Crippen LogP contribution in [-0.2, 0) is 4.79 Å². The summed E-state index contributed by atoms with van der Waals surface area (Å²) >= 11 is 0. The van der Waals surface area contributed by atoms with E-state index >= 15 is 0 Å². The Balaban J connectivity index is 1.54. The minimum absolute atomic E-state index is 0.0182. The first kappa shape index (κ1) is 24.1. The molecular weight excluding hydrogens is 445 g/mol. The van der Waals surface area contributed by atoms with E-state index in [-0.39, 0.29) is 36.9 Å². The second kappa shape index (κ2) is 10.5. The van der Waals surface area contributed by atoms with Crippen LogP contribution in [0, 0.1) is 22.9 Å². The molecule has 2 aliphatic heterocycles. The maximum absolute atomic E-state index is 14.3. The molecule has 0 bridgehead atoms. The summed E-state index contributed by atoms with van der Waals surface area (Å²) in [5.41, 5.74) is -0.869. The van der Waals surface area contributed by atoms with E-state index in [2.05, 4.69) is 0 Å². The van der Waals surface area contributed by atoms with Crippen molar-refractivity contribution in [1.82, 2.24) is 9.80 Å². The van der Waals surface area contributed by atoms with Crippen molar-refractivity contribution in [3.05, 3.63) is 65.5 Å². The van der Waals surface area contributed by atoms with E-state index in [1.165, 1.54) is 29.2 Å². The molecular formula is C26H29F3N2O3. The smallest absolute Gasteiger partial charge is 0.256 e. The molecule has 5 nitrogen and oxygen atoms in total. The SMILES string of the molecule is O=C(C[C@]1(COc2ccc(F)cc2)CCCN(C(=O)c2ccc(F)cc2F)C1)N1CCCCC1. The molecule has 0 saturated carbocycles. The van der Waals surface area contributed by atoms with Crippen molar-refractivity contribution >= 4 is 11.8 Å². The van der Waals surface area contributed by atoms with E-state index in [4.69, 9.17) is 4.74 Å². The number of carbonyl (C=O) groups excluding carboxylic acids is 2. The predicted molar refractivity (Wildman–Crippen MR) is 121 cm³/mol. The Bertz CT molecular complexity index is 1020. The highest BCUT2D eigenvalue weighted by Crippen LogP contribution is 2.36. The zero-order valence-corrected chi connectivity index (χ0v) is 19.1. The number of rotatable bonds is 6. The van der Waals surface area contributed by atoms with E-state index in [0.29, 0.717) is 31.2 Å². The highest BCUT2D eigenvalue weighted by molar-refractivity contribution is 5.94. The summed E-state index contributed by atoms with van der Waals surface area (Å²) in [6.45, 7) is 2.22. The summed E-state index contributed by atoms with van der Waals surface area (Å²) in [5, 5.41) is 0. The quantitative estimate of drug-likeness (QED) is 0.604. The highest BCUT2D eigenvalue weighted by Gasteiger charge is 2.41. The molecule has 0 N–H and O–H groups in total. The average Bonchev–Trinajstić information content (AvgIpc) is 2.84. The van der Waals surface area contributed by atoms with E-state index in [9.17, 15) is 22.8 Å². The zero-order valence-electron chi connectivity index (χ0n) is 19.1. The first-order chi connectivity index (χ1) is 16.3. The van der Waals surface area contributed by atoms with Crippen molar-refractivity contribution < 1.29 is 27.5 Å². The Labute approximate surface area is 197 Å². The van der Waals surface area contributed by atoms with Gasteiger partial charge in [0.2, 0.25) is 5.91 Å². The fourth-order valence-electron chi connectivity index (χ4n) is 4.87. The van der Waals surface area contributed by atoms with Crippen molar-refractivity contribution in [3.8, 4) is 5.75 Å². The van der Waals surface area contributed by atoms with Gasteiger partial charge in [-0.05, 0) is 68.5 Å². The fourth-order valence-corrected chi connectivity index (χ4v) is 4.87. The molecule has 182 valence electrons. The number of carbonyl (C=O) groups is 2. The Kier molecular flexibility index (Phi) is 7.44. The van der Waals surface area contributed by atoms with Gasteiger partial charge in [-0.1, -0.05) is 0 Å². The number of hydrogen-bond donors (Lipinski definition) is 0. The summed E-state index contributed by atoms with van der Waals surface area (Å²) in [6.07, 6.45) is 4.52. The average molecular weight is 475 g/mol. The second-order valence-electron chi connectivity index (χ2n) is 9.32. The van der Waals surface area contributed by atoms with E-state index in [1.54, 1.807) is 0 Å². The van der Waals surface area contributed by atoms with Crippen LogP contribution in [0.2, 0.25) is 0 Å². The number of halogens is 3. The number of amides is 2. The molecule has 34 heavy (non-hydrogen) atoms. The fraction of sp³-hybridized carbons (Fsp3) is 0.462. The maximum Gasteiger partial charge on any atom is 0.256 e. The third-order valence-electron chi connectivity index (χ3n) is 6.70. The normalized spacial score (nSPS) is 20.8. The molecule has 2 fully saturated rings. The summed E-state index contributed by atoms with van der Waals surface area (Å²) in [7, 11) is 0. The van der Waals surface area contributed by atoms with Gasteiger partial charge < -0.3 is 14.5 Å². The van der Waals surface area contributed by atoms with E-state index in [0.717, 1.165) is 44.5 Å². The second-order valence-corrected chi connectivity index (χ2v) is 9.32. The largest absolute Gasteiger partial charge is 0.493 e. The van der Waals surface area contributed by atoms with Crippen LogP contribution in [0.15, 0.2) is 42.5 Å². The minimum atomic E-state index is -0.909. The third kappa shape index (κ3) is 5.72. The van der Waals surface area contributed by atoms with Crippen LogP contribution in [0.4, 0.5) is 13.2 Å². The van der Waals surface area contributed by atoms with Gasteiger partial charge in [-0.2, -0.15) is 0 Å². The lowest BCUT2D eigenvalue weighted by Gasteiger charge is -2.43. The van der Waals surface area contributed by atoms with Crippen LogP contribution in [0.25, 0.3) is 0 Å². The van der Waals surface area contributed by atoms with Crippen molar-refractivity contribution in [3.63, 3.8) is 0 Å². The zero-order chi connectivity index (χ0) is 24.1. The van der Waals surface area contributed by atoms with Crippen molar-refractivity contribution in [2.75, 3.05) is 32.8 Å². The van der Waals surface area contributed by atoms with Gasteiger partial charge in [0.25, 0.3) is 5.91 Å². The summed E-state index contributed by atoms with van der Waals surface area (Å²) in [4.78, 5) is 29.7. The lowest BCUT2D eigenvalue weighted by atomic mass is 9.77. The van der Waals surface area contributed by atoms with Gasteiger partial charge in [-0.3, -0.25) is 9.59 Å². The summed E-state index contributed by atoms with van der Waals surface area (Å²) in [5.74, 6) is -2.08. The molecule has 2 saturated heterocycles. The van der Waals surface area contributed by atoms with Crippen LogP contribution >= 0.6 is 0 Å². The third-order valence-corrected chi connectivity index (χ3v) is 6.70. The minimum Gasteiger partial charge on any atom is -0.493 e. The molecule has 0 aromatic heterocycles. The molecule has 8 heteroatoms. The molecule has 2 heterocycles. The molecule has 0 spiro atoms. The van der Waals surface area contributed by atoms with Crippen molar-refractivity contribution in [1.29, 1.82) is 0 Å². The monoisotopic (exact) mass is 474 g/mol.